The molecule has 34 heavy (non-hydrogen) atoms. The van der Waals surface area contributed by atoms with E-state index in [4.69, 9.17) is 9.47 Å². The molecule has 4 rings (SSSR count). The Kier molecular flexibility index (Phi) is 9.18. The van der Waals surface area contributed by atoms with Crippen molar-refractivity contribution in [2.75, 3.05) is 59.5 Å². The minimum Gasteiger partial charge on any atom is -0.469 e. The average molecular weight is 473 g/mol. The van der Waals surface area contributed by atoms with Gasteiger partial charge in [0.05, 0.1) is 20.1 Å². The van der Waals surface area contributed by atoms with Gasteiger partial charge in [-0.3, -0.25) is 14.6 Å². The van der Waals surface area contributed by atoms with Crippen molar-refractivity contribution in [1.29, 1.82) is 0 Å². The second kappa shape index (κ2) is 12.5. The Morgan fingerprint density at radius 1 is 1.12 bits per heavy atom. The maximum absolute atomic E-state index is 12.5. The number of piperidine rings is 1. The van der Waals surface area contributed by atoms with Gasteiger partial charge in [-0.05, 0) is 37.8 Å². The third-order valence-electron chi connectivity index (χ3n) is 7.43. The van der Waals surface area contributed by atoms with Gasteiger partial charge in [0.15, 0.2) is 0 Å². The molecule has 0 radical (unpaired) electrons. The molecule has 0 spiro atoms. The molecule has 1 amide bonds. The van der Waals surface area contributed by atoms with E-state index in [9.17, 15) is 9.59 Å². The number of amides is 1. The van der Waals surface area contributed by atoms with Crippen LogP contribution >= 0.6 is 0 Å². The summed E-state index contributed by atoms with van der Waals surface area (Å²) in [7, 11) is 1.42. The molecule has 3 unspecified atom stereocenters. The van der Waals surface area contributed by atoms with Gasteiger partial charge in [0.2, 0.25) is 0 Å². The van der Waals surface area contributed by atoms with Crippen molar-refractivity contribution in [3.63, 3.8) is 0 Å². The van der Waals surface area contributed by atoms with E-state index < -0.39 is 0 Å². The quantitative estimate of drug-likeness (QED) is 0.523. The third-order valence-corrected chi connectivity index (χ3v) is 7.43. The van der Waals surface area contributed by atoms with Crippen LogP contribution in [0.15, 0.2) is 30.3 Å². The van der Waals surface area contributed by atoms with Gasteiger partial charge < -0.3 is 19.7 Å². The number of esters is 1. The van der Waals surface area contributed by atoms with Crippen molar-refractivity contribution in [1.82, 2.24) is 20.0 Å². The third kappa shape index (κ3) is 6.93. The first-order valence-corrected chi connectivity index (χ1v) is 12.9. The van der Waals surface area contributed by atoms with E-state index in [2.05, 4.69) is 45.4 Å². The predicted octanol–water partition coefficient (Wildman–Crippen LogP) is 2.13. The summed E-state index contributed by atoms with van der Waals surface area (Å²) in [6, 6.07) is 11.4. The van der Waals surface area contributed by atoms with Crippen LogP contribution in [-0.4, -0.2) is 104 Å². The lowest BCUT2D eigenvalue weighted by molar-refractivity contribution is -0.142. The molecule has 8 nitrogen and oxygen atoms in total. The Labute approximate surface area is 203 Å². The Balaban J connectivity index is 1.22. The fourth-order valence-corrected chi connectivity index (χ4v) is 5.57. The highest BCUT2D eigenvalue weighted by Gasteiger charge is 2.35. The number of likely N-dealkylation sites (tertiary alicyclic amines) is 1. The summed E-state index contributed by atoms with van der Waals surface area (Å²) >= 11 is 0. The van der Waals surface area contributed by atoms with Crippen LogP contribution in [0.1, 0.15) is 37.7 Å². The zero-order valence-electron chi connectivity index (χ0n) is 20.5. The molecule has 3 atom stereocenters. The lowest BCUT2D eigenvalue weighted by Crippen LogP contribution is -2.54. The van der Waals surface area contributed by atoms with Gasteiger partial charge in [0, 0.05) is 51.4 Å². The smallest absolute Gasteiger partial charge is 0.410 e. The normalized spacial score (nSPS) is 26.4. The van der Waals surface area contributed by atoms with E-state index in [1.807, 2.05) is 4.90 Å². The van der Waals surface area contributed by atoms with Crippen molar-refractivity contribution < 1.29 is 19.1 Å². The van der Waals surface area contributed by atoms with E-state index in [1.54, 1.807) is 0 Å². The van der Waals surface area contributed by atoms with E-state index >= 15 is 0 Å². The number of piperazine rings is 1. The number of carbonyl (C=O) groups is 2. The first-order chi connectivity index (χ1) is 16.6. The molecular formula is C26H40N4O4. The van der Waals surface area contributed by atoms with E-state index in [0.29, 0.717) is 25.6 Å². The summed E-state index contributed by atoms with van der Waals surface area (Å²) in [6.07, 6.45) is 5.88. The van der Waals surface area contributed by atoms with Crippen molar-refractivity contribution >= 4 is 12.1 Å². The fourth-order valence-electron chi connectivity index (χ4n) is 5.57. The van der Waals surface area contributed by atoms with Crippen molar-refractivity contribution in [3.05, 3.63) is 35.9 Å². The van der Waals surface area contributed by atoms with Crippen LogP contribution in [0.2, 0.25) is 0 Å². The monoisotopic (exact) mass is 472 g/mol. The Hall–Kier alpha value is -2.16. The van der Waals surface area contributed by atoms with Crippen LogP contribution in [0.3, 0.4) is 0 Å². The van der Waals surface area contributed by atoms with Crippen LogP contribution in [0.5, 0.6) is 0 Å². The van der Waals surface area contributed by atoms with Crippen molar-refractivity contribution in [2.45, 2.75) is 56.7 Å². The Morgan fingerprint density at radius 3 is 2.79 bits per heavy atom. The molecule has 3 saturated heterocycles. The van der Waals surface area contributed by atoms with Crippen LogP contribution in [0, 0.1) is 0 Å². The standard InChI is InChI=1S/C26H40N4O4/c1-33-25(31)17-23-18-27-11-15-29(23)19-24-20-30(26(32)34-24)14-7-13-28-12-6-5-10-22(28)16-21-8-3-2-4-9-21/h2-4,8-9,22-24,27H,5-7,10-20H2,1H3. The van der Waals surface area contributed by atoms with Gasteiger partial charge in [-0.15, -0.1) is 0 Å². The maximum Gasteiger partial charge on any atom is 0.410 e. The molecule has 188 valence electrons. The van der Waals surface area contributed by atoms with Crippen LogP contribution in [0.25, 0.3) is 0 Å². The first kappa shape index (κ1) is 24.9. The number of hydrogen-bond acceptors (Lipinski definition) is 7. The highest BCUT2D eigenvalue weighted by molar-refractivity contribution is 5.70. The van der Waals surface area contributed by atoms with Gasteiger partial charge in [-0.2, -0.15) is 0 Å². The van der Waals surface area contributed by atoms with Gasteiger partial charge >= 0.3 is 12.1 Å². The van der Waals surface area contributed by atoms with E-state index in [0.717, 1.165) is 52.1 Å². The lowest BCUT2D eigenvalue weighted by Gasteiger charge is -2.36. The highest BCUT2D eigenvalue weighted by Crippen LogP contribution is 2.22. The minimum absolute atomic E-state index is 0.0783. The molecule has 0 bridgehead atoms. The van der Waals surface area contributed by atoms with E-state index in [1.165, 1.54) is 31.9 Å². The zero-order chi connectivity index (χ0) is 23.8. The largest absolute Gasteiger partial charge is 0.469 e. The number of methoxy groups -OCH3 is 1. The van der Waals surface area contributed by atoms with Crippen LogP contribution < -0.4 is 5.32 Å². The molecule has 0 aliphatic carbocycles. The first-order valence-electron chi connectivity index (χ1n) is 12.9. The molecule has 3 aliphatic heterocycles. The number of nitrogens with one attached hydrogen (secondary N) is 1. The van der Waals surface area contributed by atoms with Crippen LogP contribution in [0.4, 0.5) is 4.79 Å². The minimum atomic E-state index is -0.205. The van der Waals surface area contributed by atoms with Gasteiger partial charge in [-0.1, -0.05) is 36.8 Å². The molecule has 0 saturated carbocycles. The summed E-state index contributed by atoms with van der Waals surface area (Å²) in [4.78, 5) is 31.0. The molecule has 3 fully saturated rings. The number of hydrogen-bond donors (Lipinski definition) is 1. The fraction of sp³-hybridized carbons (Fsp3) is 0.692. The second-order valence-corrected chi connectivity index (χ2v) is 9.81. The predicted molar refractivity (Wildman–Crippen MR) is 131 cm³/mol. The van der Waals surface area contributed by atoms with E-state index in [-0.39, 0.29) is 24.2 Å². The van der Waals surface area contributed by atoms with Gasteiger partial charge in [0.25, 0.3) is 0 Å². The number of cyclic esters (lactones) is 1. The summed E-state index contributed by atoms with van der Waals surface area (Å²) in [5.41, 5.74) is 1.41. The summed E-state index contributed by atoms with van der Waals surface area (Å²) in [5.74, 6) is -0.202. The number of carbonyl (C=O) groups excluding carboxylic acids is 2. The highest BCUT2D eigenvalue weighted by atomic mass is 16.6. The number of benzene rings is 1. The molecule has 8 heteroatoms. The molecule has 1 aromatic carbocycles. The Morgan fingerprint density at radius 2 is 1.97 bits per heavy atom. The lowest BCUT2D eigenvalue weighted by atomic mass is 9.95. The van der Waals surface area contributed by atoms with Crippen molar-refractivity contribution in [3.8, 4) is 0 Å². The number of nitrogens with zero attached hydrogens (tertiary/aromatic N) is 3. The number of rotatable bonds is 10. The molecule has 1 N–H and O–H groups in total. The average Bonchev–Trinajstić information content (AvgIpc) is 3.20. The van der Waals surface area contributed by atoms with Gasteiger partial charge in [0.1, 0.15) is 6.10 Å². The second-order valence-electron chi connectivity index (χ2n) is 9.81. The Bertz CT molecular complexity index is 792. The van der Waals surface area contributed by atoms with Crippen LogP contribution in [-0.2, 0) is 20.7 Å². The van der Waals surface area contributed by atoms with Gasteiger partial charge in [-0.25, -0.2) is 4.79 Å². The van der Waals surface area contributed by atoms with Crippen molar-refractivity contribution in [2.24, 2.45) is 0 Å². The summed E-state index contributed by atoms with van der Waals surface area (Å²) in [6.45, 7) is 6.66. The molecule has 3 aliphatic rings. The summed E-state index contributed by atoms with van der Waals surface area (Å²) in [5, 5.41) is 3.34. The molecule has 1 aromatic rings. The molecular weight excluding hydrogens is 432 g/mol. The SMILES string of the molecule is COC(=O)CC1CNCCN1CC1CN(CCCN2CCCCC2Cc2ccccc2)C(=O)O1. The molecule has 3 heterocycles. The summed E-state index contributed by atoms with van der Waals surface area (Å²) < 4.78 is 10.5. The molecule has 0 aromatic heterocycles. The number of ether oxygens (including phenoxy) is 2. The zero-order valence-corrected chi connectivity index (χ0v) is 20.5. The maximum atomic E-state index is 12.5. The topological polar surface area (TPSA) is 74.4 Å².